The highest BCUT2D eigenvalue weighted by Gasteiger charge is 2.09. The Bertz CT molecular complexity index is 582. The number of benzene rings is 1. The predicted molar refractivity (Wildman–Crippen MR) is 119 cm³/mol. The smallest absolute Gasteiger partial charge is 0.251 e. The number of nitrogens with one attached hydrogen (secondary N) is 3. The lowest BCUT2D eigenvalue weighted by atomic mass is 10.2. The molecule has 0 radical (unpaired) electrons. The molecule has 1 aliphatic rings. The SMILES string of the molecule is CN=C(NCCNC(=O)c1cccc(Br)c1)NCCN1CCOCC1.I. The molecular weight excluding hydrogens is 513 g/mol. The van der Waals surface area contributed by atoms with Gasteiger partial charge in [-0.25, -0.2) is 0 Å². The van der Waals surface area contributed by atoms with Crippen LogP contribution >= 0.6 is 39.9 Å². The standard InChI is InChI=1S/C17H26BrN5O2.HI/c1-19-17(22-7-8-23-9-11-25-12-10-23)21-6-5-20-16(24)14-3-2-4-15(18)13-14;/h2-4,13H,5-12H2,1H3,(H,20,24)(H2,19,21,22);1H. The second kappa shape index (κ2) is 13.3. The summed E-state index contributed by atoms with van der Waals surface area (Å²) in [5, 5.41) is 9.36. The van der Waals surface area contributed by atoms with E-state index in [1.165, 1.54) is 0 Å². The molecule has 1 saturated heterocycles. The topological polar surface area (TPSA) is 78.0 Å². The lowest BCUT2D eigenvalue weighted by Gasteiger charge is -2.26. The summed E-state index contributed by atoms with van der Waals surface area (Å²) in [4.78, 5) is 18.6. The maximum absolute atomic E-state index is 12.0. The van der Waals surface area contributed by atoms with Gasteiger partial charge in [0.05, 0.1) is 13.2 Å². The van der Waals surface area contributed by atoms with E-state index in [1.807, 2.05) is 12.1 Å². The minimum Gasteiger partial charge on any atom is -0.379 e. The Morgan fingerprint density at radius 2 is 1.88 bits per heavy atom. The van der Waals surface area contributed by atoms with Gasteiger partial charge in [0.15, 0.2) is 5.96 Å². The van der Waals surface area contributed by atoms with Gasteiger partial charge in [0.1, 0.15) is 0 Å². The third kappa shape index (κ3) is 8.65. The summed E-state index contributed by atoms with van der Waals surface area (Å²) < 4.78 is 6.23. The summed E-state index contributed by atoms with van der Waals surface area (Å²) in [5.41, 5.74) is 0.641. The normalized spacial score (nSPS) is 15.1. The molecule has 0 atom stereocenters. The highest BCUT2D eigenvalue weighted by Crippen LogP contribution is 2.11. The van der Waals surface area contributed by atoms with Crippen LogP contribution in [-0.4, -0.2) is 76.3 Å². The van der Waals surface area contributed by atoms with E-state index in [2.05, 4.69) is 41.8 Å². The van der Waals surface area contributed by atoms with Gasteiger partial charge < -0.3 is 20.7 Å². The van der Waals surface area contributed by atoms with Gasteiger partial charge in [-0.05, 0) is 18.2 Å². The second-order valence-corrected chi connectivity index (χ2v) is 6.56. The lowest BCUT2D eigenvalue weighted by molar-refractivity contribution is 0.0389. The third-order valence-electron chi connectivity index (χ3n) is 3.84. The number of halogens is 2. The maximum atomic E-state index is 12.0. The monoisotopic (exact) mass is 539 g/mol. The highest BCUT2D eigenvalue weighted by atomic mass is 127. The van der Waals surface area contributed by atoms with Crippen LogP contribution in [0.2, 0.25) is 0 Å². The quantitative estimate of drug-likeness (QED) is 0.211. The fourth-order valence-corrected chi connectivity index (χ4v) is 2.87. The van der Waals surface area contributed by atoms with Crippen molar-refractivity contribution >= 4 is 51.8 Å². The Morgan fingerprint density at radius 1 is 1.19 bits per heavy atom. The summed E-state index contributed by atoms with van der Waals surface area (Å²) in [6, 6.07) is 7.33. The molecule has 7 nitrogen and oxygen atoms in total. The summed E-state index contributed by atoms with van der Waals surface area (Å²) >= 11 is 3.37. The highest BCUT2D eigenvalue weighted by molar-refractivity contribution is 14.0. The van der Waals surface area contributed by atoms with Gasteiger partial charge in [-0.2, -0.15) is 0 Å². The number of carbonyl (C=O) groups excluding carboxylic acids is 1. The van der Waals surface area contributed by atoms with E-state index in [9.17, 15) is 4.79 Å². The molecule has 146 valence electrons. The summed E-state index contributed by atoms with van der Waals surface area (Å²) in [6.45, 7) is 6.50. The number of nitrogens with zero attached hydrogens (tertiary/aromatic N) is 2. The number of hydrogen-bond donors (Lipinski definition) is 3. The van der Waals surface area contributed by atoms with Crippen molar-refractivity contribution in [3.8, 4) is 0 Å². The molecule has 0 bridgehead atoms. The number of morpholine rings is 1. The number of rotatable bonds is 7. The molecule has 3 N–H and O–H groups in total. The van der Waals surface area contributed by atoms with E-state index in [1.54, 1.807) is 19.2 Å². The molecule has 0 unspecified atom stereocenters. The van der Waals surface area contributed by atoms with Crippen LogP contribution in [0.5, 0.6) is 0 Å². The zero-order chi connectivity index (χ0) is 17.9. The Kier molecular flexibility index (Phi) is 11.8. The van der Waals surface area contributed by atoms with Crippen LogP contribution in [0.3, 0.4) is 0 Å². The molecule has 1 fully saturated rings. The number of ether oxygens (including phenoxy) is 1. The molecule has 1 heterocycles. The molecule has 1 aliphatic heterocycles. The Labute approximate surface area is 180 Å². The van der Waals surface area contributed by atoms with Gasteiger partial charge in [0.25, 0.3) is 5.91 Å². The van der Waals surface area contributed by atoms with Crippen molar-refractivity contribution in [3.63, 3.8) is 0 Å². The first-order chi connectivity index (χ1) is 12.2. The van der Waals surface area contributed by atoms with Gasteiger partial charge in [0.2, 0.25) is 0 Å². The van der Waals surface area contributed by atoms with Crippen LogP contribution in [0, 0.1) is 0 Å². The molecule has 1 aromatic carbocycles. The Morgan fingerprint density at radius 3 is 2.58 bits per heavy atom. The number of guanidine groups is 1. The largest absolute Gasteiger partial charge is 0.379 e. The number of aliphatic imine (C=N–C) groups is 1. The zero-order valence-corrected chi connectivity index (χ0v) is 18.9. The summed E-state index contributed by atoms with van der Waals surface area (Å²) in [5.74, 6) is 0.656. The predicted octanol–water partition coefficient (Wildman–Crippen LogP) is 1.29. The summed E-state index contributed by atoms with van der Waals surface area (Å²) in [6.07, 6.45) is 0. The van der Waals surface area contributed by atoms with E-state index in [-0.39, 0.29) is 29.9 Å². The number of amides is 1. The lowest BCUT2D eigenvalue weighted by Crippen LogP contribution is -2.45. The van der Waals surface area contributed by atoms with Crippen LogP contribution in [0.4, 0.5) is 0 Å². The molecule has 1 aromatic rings. The van der Waals surface area contributed by atoms with E-state index < -0.39 is 0 Å². The first-order valence-electron chi connectivity index (χ1n) is 8.47. The van der Waals surface area contributed by atoms with Crippen molar-refractivity contribution in [3.05, 3.63) is 34.3 Å². The van der Waals surface area contributed by atoms with Crippen LogP contribution in [0.25, 0.3) is 0 Å². The van der Waals surface area contributed by atoms with E-state index in [0.29, 0.717) is 18.7 Å². The van der Waals surface area contributed by atoms with Crippen molar-refractivity contribution in [2.45, 2.75) is 0 Å². The van der Waals surface area contributed by atoms with Crippen molar-refractivity contribution in [2.24, 2.45) is 4.99 Å². The maximum Gasteiger partial charge on any atom is 0.251 e. The molecule has 9 heteroatoms. The van der Waals surface area contributed by atoms with Gasteiger partial charge in [0, 0.05) is 56.4 Å². The molecule has 2 rings (SSSR count). The molecule has 0 aromatic heterocycles. The van der Waals surface area contributed by atoms with Crippen LogP contribution in [-0.2, 0) is 4.74 Å². The molecular formula is C17H27BrIN5O2. The molecule has 0 aliphatic carbocycles. The average Bonchev–Trinajstić information content (AvgIpc) is 2.64. The fourth-order valence-electron chi connectivity index (χ4n) is 2.47. The van der Waals surface area contributed by atoms with Crippen molar-refractivity contribution in [1.82, 2.24) is 20.9 Å². The third-order valence-corrected chi connectivity index (χ3v) is 4.33. The Balaban J connectivity index is 0.00000338. The van der Waals surface area contributed by atoms with Gasteiger partial charge in [-0.3, -0.25) is 14.7 Å². The zero-order valence-electron chi connectivity index (χ0n) is 15.0. The van der Waals surface area contributed by atoms with E-state index in [0.717, 1.165) is 49.8 Å². The molecule has 26 heavy (non-hydrogen) atoms. The van der Waals surface area contributed by atoms with Gasteiger partial charge in [-0.15, -0.1) is 24.0 Å². The number of carbonyl (C=O) groups is 1. The second-order valence-electron chi connectivity index (χ2n) is 5.65. The first kappa shape index (κ1) is 23.1. The average molecular weight is 540 g/mol. The minimum atomic E-state index is -0.0848. The molecule has 0 spiro atoms. The first-order valence-corrected chi connectivity index (χ1v) is 9.26. The van der Waals surface area contributed by atoms with Crippen molar-refractivity contribution in [2.75, 3.05) is 59.5 Å². The van der Waals surface area contributed by atoms with Crippen LogP contribution in [0.1, 0.15) is 10.4 Å². The van der Waals surface area contributed by atoms with Crippen molar-refractivity contribution in [1.29, 1.82) is 0 Å². The van der Waals surface area contributed by atoms with E-state index >= 15 is 0 Å². The molecule has 1 amide bonds. The van der Waals surface area contributed by atoms with Gasteiger partial charge in [-0.1, -0.05) is 22.0 Å². The minimum absolute atomic E-state index is 0. The fraction of sp³-hybridized carbons (Fsp3) is 0.529. The molecule has 0 saturated carbocycles. The van der Waals surface area contributed by atoms with Crippen LogP contribution < -0.4 is 16.0 Å². The number of hydrogen-bond acceptors (Lipinski definition) is 4. The van der Waals surface area contributed by atoms with Gasteiger partial charge >= 0.3 is 0 Å². The van der Waals surface area contributed by atoms with Crippen LogP contribution in [0.15, 0.2) is 33.7 Å². The van der Waals surface area contributed by atoms with E-state index in [4.69, 9.17) is 4.74 Å². The Hall–Kier alpha value is -0.910. The van der Waals surface area contributed by atoms with Crippen molar-refractivity contribution < 1.29 is 9.53 Å². The summed E-state index contributed by atoms with van der Waals surface area (Å²) in [7, 11) is 1.74.